The van der Waals surface area contributed by atoms with Crippen LogP contribution < -0.4 is 4.74 Å². The second kappa shape index (κ2) is 6.59. The number of rotatable bonds is 4. The predicted octanol–water partition coefficient (Wildman–Crippen LogP) is 3.78. The zero-order valence-electron chi connectivity index (χ0n) is 14.3. The van der Waals surface area contributed by atoms with Crippen LogP contribution >= 0.6 is 11.8 Å². The lowest BCUT2D eigenvalue weighted by atomic mass is 9.95. The first-order chi connectivity index (χ1) is 12.2. The Morgan fingerprint density at radius 3 is 2.92 bits per heavy atom. The molecule has 2 aliphatic heterocycles. The van der Waals surface area contributed by atoms with Crippen molar-refractivity contribution in [2.75, 3.05) is 12.9 Å². The molecule has 1 fully saturated rings. The number of benzene rings is 1. The van der Waals surface area contributed by atoms with Crippen LogP contribution in [0.25, 0.3) is 0 Å². The van der Waals surface area contributed by atoms with Gasteiger partial charge in [0.15, 0.2) is 16.7 Å². The number of hydrogen-bond acceptors (Lipinski definition) is 6. The third-order valence-corrected chi connectivity index (χ3v) is 6.00. The van der Waals surface area contributed by atoms with Gasteiger partial charge in [0.25, 0.3) is 0 Å². The maximum Gasteiger partial charge on any atom is 0.160 e. The number of ether oxygens (including phenoxy) is 1. The summed E-state index contributed by atoms with van der Waals surface area (Å²) < 4.78 is 5.32. The van der Waals surface area contributed by atoms with Gasteiger partial charge in [0.1, 0.15) is 6.04 Å². The van der Waals surface area contributed by atoms with Crippen molar-refractivity contribution in [3.8, 4) is 11.5 Å². The summed E-state index contributed by atoms with van der Waals surface area (Å²) in [6, 6.07) is 12.0. The average Bonchev–Trinajstić information content (AvgIpc) is 3.22. The second-order valence-corrected chi connectivity index (χ2v) is 7.25. The maximum atomic E-state index is 9.96. The van der Waals surface area contributed by atoms with Gasteiger partial charge < -0.3 is 14.7 Å². The van der Waals surface area contributed by atoms with E-state index in [-0.39, 0.29) is 17.8 Å². The standard InChI is InChI=1S/C19H21N3O2S/c1-3-13-11-25-19-21-17(14-6-4-5-9-20-14)18(22(13)19)12-7-8-15(23)16(10-12)24-2/h4-10,13,17-18,23H,3,11H2,1-2H3/t13-,17-,18-/m1/s1. The molecule has 0 unspecified atom stereocenters. The summed E-state index contributed by atoms with van der Waals surface area (Å²) in [5.41, 5.74) is 2.06. The number of aromatic nitrogens is 1. The quantitative estimate of drug-likeness (QED) is 0.905. The van der Waals surface area contributed by atoms with Crippen LogP contribution in [0.5, 0.6) is 11.5 Å². The first-order valence-electron chi connectivity index (χ1n) is 8.49. The summed E-state index contributed by atoms with van der Waals surface area (Å²) >= 11 is 1.82. The Hall–Kier alpha value is -2.21. The molecule has 3 atom stereocenters. The Bertz CT molecular complexity index is 797. The van der Waals surface area contributed by atoms with Crippen LogP contribution in [0, 0.1) is 0 Å². The first kappa shape index (κ1) is 16.3. The van der Waals surface area contributed by atoms with Crippen molar-refractivity contribution in [3.05, 3.63) is 53.9 Å². The highest BCUT2D eigenvalue weighted by atomic mass is 32.2. The molecule has 5 nitrogen and oxygen atoms in total. The molecule has 1 N–H and O–H groups in total. The van der Waals surface area contributed by atoms with E-state index >= 15 is 0 Å². The number of pyridine rings is 1. The van der Waals surface area contributed by atoms with Gasteiger partial charge >= 0.3 is 0 Å². The summed E-state index contributed by atoms with van der Waals surface area (Å²) in [5.74, 6) is 1.71. The van der Waals surface area contributed by atoms with Crippen molar-refractivity contribution in [2.24, 2.45) is 4.99 Å². The summed E-state index contributed by atoms with van der Waals surface area (Å²) in [5, 5.41) is 11.1. The van der Waals surface area contributed by atoms with Crippen LogP contribution in [0.3, 0.4) is 0 Å². The van der Waals surface area contributed by atoms with Gasteiger partial charge in [-0.1, -0.05) is 30.8 Å². The SMILES string of the molecule is CC[C@@H]1CSC2=N[C@H](c3ccccn3)[C@@H](c3ccc(O)c(OC)c3)N21. The van der Waals surface area contributed by atoms with Crippen LogP contribution in [-0.2, 0) is 0 Å². The van der Waals surface area contributed by atoms with Crippen molar-refractivity contribution in [2.45, 2.75) is 31.5 Å². The van der Waals surface area contributed by atoms with Crippen LogP contribution in [0.15, 0.2) is 47.6 Å². The van der Waals surface area contributed by atoms with Crippen molar-refractivity contribution >= 4 is 16.9 Å². The number of nitrogens with zero attached hydrogens (tertiary/aromatic N) is 3. The number of aromatic hydroxyl groups is 1. The van der Waals surface area contributed by atoms with Gasteiger partial charge in [-0.2, -0.15) is 0 Å². The van der Waals surface area contributed by atoms with E-state index < -0.39 is 0 Å². The zero-order chi connectivity index (χ0) is 17.4. The van der Waals surface area contributed by atoms with E-state index in [2.05, 4.69) is 16.8 Å². The lowest BCUT2D eigenvalue weighted by molar-refractivity contribution is 0.254. The van der Waals surface area contributed by atoms with Crippen molar-refractivity contribution in [1.29, 1.82) is 0 Å². The van der Waals surface area contributed by atoms with Gasteiger partial charge in [0.05, 0.1) is 18.8 Å². The lowest BCUT2D eigenvalue weighted by Gasteiger charge is -2.32. The minimum Gasteiger partial charge on any atom is -0.504 e. The molecular formula is C19H21N3O2S. The minimum absolute atomic E-state index is 0.0488. The molecule has 0 bridgehead atoms. The summed E-state index contributed by atoms with van der Waals surface area (Å²) in [4.78, 5) is 12.0. The van der Waals surface area contributed by atoms with Gasteiger partial charge in [-0.05, 0) is 36.2 Å². The third kappa shape index (κ3) is 2.74. The Morgan fingerprint density at radius 2 is 2.20 bits per heavy atom. The maximum absolute atomic E-state index is 9.96. The Balaban J connectivity index is 1.80. The van der Waals surface area contributed by atoms with E-state index in [0.29, 0.717) is 11.8 Å². The number of methoxy groups -OCH3 is 1. The van der Waals surface area contributed by atoms with Crippen LogP contribution in [0.4, 0.5) is 0 Å². The number of fused-ring (bicyclic) bond motifs is 1. The lowest BCUT2D eigenvalue weighted by Crippen LogP contribution is -2.35. The number of amidine groups is 1. The number of phenols is 1. The summed E-state index contributed by atoms with van der Waals surface area (Å²) in [6.45, 7) is 2.22. The van der Waals surface area contributed by atoms with E-state index in [9.17, 15) is 5.11 Å². The highest BCUT2D eigenvalue weighted by Crippen LogP contribution is 2.49. The number of hydrogen-bond donors (Lipinski definition) is 1. The van der Waals surface area contributed by atoms with E-state index in [0.717, 1.165) is 28.6 Å². The molecule has 0 radical (unpaired) electrons. The molecule has 2 aromatic rings. The number of aliphatic imine (C=N–C) groups is 1. The number of thioether (sulfide) groups is 1. The Morgan fingerprint density at radius 1 is 1.32 bits per heavy atom. The molecule has 1 aromatic heterocycles. The molecule has 6 heteroatoms. The van der Waals surface area contributed by atoms with E-state index in [1.54, 1.807) is 13.2 Å². The molecule has 0 amide bonds. The van der Waals surface area contributed by atoms with Gasteiger partial charge in [-0.15, -0.1) is 0 Å². The second-order valence-electron chi connectivity index (χ2n) is 6.27. The van der Waals surface area contributed by atoms with E-state index in [4.69, 9.17) is 9.73 Å². The predicted molar refractivity (Wildman–Crippen MR) is 100 cm³/mol. The molecule has 0 spiro atoms. The normalized spacial score (nSPS) is 25.0. The third-order valence-electron chi connectivity index (χ3n) is 4.87. The molecule has 3 heterocycles. The fourth-order valence-electron chi connectivity index (χ4n) is 3.59. The molecule has 4 rings (SSSR count). The van der Waals surface area contributed by atoms with Gasteiger partial charge in [-0.3, -0.25) is 9.98 Å². The van der Waals surface area contributed by atoms with Crippen LogP contribution in [0.2, 0.25) is 0 Å². The van der Waals surface area contributed by atoms with Gasteiger partial charge in [-0.25, -0.2) is 0 Å². The molecule has 1 aromatic carbocycles. The minimum atomic E-state index is -0.0488. The van der Waals surface area contributed by atoms with Crippen molar-refractivity contribution < 1.29 is 9.84 Å². The van der Waals surface area contributed by atoms with Gasteiger partial charge in [0.2, 0.25) is 0 Å². The molecule has 25 heavy (non-hydrogen) atoms. The molecule has 130 valence electrons. The smallest absolute Gasteiger partial charge is 0.160 e. The largest absolute Gasteiger partial charge is 0.504 e. The molecule has 1 saturated heterocycles. The summed E-state index contributed by atoms with van der Waals surface area (Å²) in [7, 11) is 1.58. The van der Waals surface area contributed by atoms with Gasteiger partial charge in [0, 0.05) is 18.0 Å². The van der Waals surface area contributed by atoms with E-state index in [1.165, 1.54) is 0 Å². The fraction of sp³-hybridized carbons (Fsp3) is 0.368. The van der Waals surface area contributed by atoms with E-state index in [1.807, 2.05) is 48.3 Å². The van der Waals surface area contributed by atoms with Crippen LogP contribution in [0.1, 0.15) is 36.7 Å². The highest BCUT2D eigenvalue weighted by molar-refractivity contribution is 8.14. The molecule has 2 aliphatic rings. The first-order valence-corrected chi connectivity index (χ1v) is 9.48. The number of phenolic OH excluding ortho intramolecular Hbond substituents is 1. The Labute approximate surface area is 151 Å². The topological polar surface area (TPSA) is 58.0 Å². The molecule has 0 saturated carbocycles. The highest BCUT2D eigenvalue weighted by Gasteiger charge is 2.45. The average molecular weight is 355 g/mol. The summed E-state index contributed by atoms with van der Waals surface area (Å²) in [6.07, 6.45) is 2.89. The zero-order valence-corrected chi connectivity index (χ0v) is 15.1. The molecular weight excluding hydrogens is 334 g/mol. The van der Waals surface area contributed by atoms with Crippen molar-refractivity contribution in [3.63, 3.8) is 0 Å². The van der Waals surface area contributed by atoms with Crippen molar-refractivity contribution in [1.82, 2.24) is 9.88 Å². The molecule has 0 aliphatic carbocycles. The Kier molecular flexibility index (Phi) is 4.29. The monoisotopic (exact) mass is 355 g/mol. The van der Waals surface area contributed by atoms with Crippen LogP contribution in [-0.4, -0.2) is 39.1 Å². The fourth-order valence-corrected chi connectivity index (χ4v) is 4.93.